The van der Waals surface area contributed by atoms with Crippen molar-refractivity contribution in [2.75, 3.05) is 51.6 Å². The molecule has 2 saturated heterocycles. The molecule has 1 aromatic carbocycles. The third-order valence-electron chi connectivity index (χ3n) is 5.90. The minimum atomic E-state index is -3.47. The minimum Gasteiger partial charge on any atom is -0.342 e. The van der Waals surface area contributed by atoms with Gasteiger partial charge in [0, 0.05) is 39.3 Å². The normalized spacial score (nSPS) is 18.8. The highest BCUT2D eigenvalue weighted by atomic mass is 32.2. The van der Waals surface area contributed by atoms with Crippen LogP contribution in [0, 0.1) is 0 Å². The molecule has 0 spiro atoms. The Balaban J connectivity index is 1.59. The Labute approximate surface area is 179 Å². The zero-order valence-corrected chi connectivity index (χ0v) is 18.7. The van der Waals surface area contributed by atoms with Crippen molar-refractivity contribution >= 4 is 21.7 Å². The van der Waals surface area contributed by atoms with Crippen LogP contribution in [0.2, 0.25) is 0 Å². The summed E-state index contributed by atoms with van der Waals surface area (Å²) in [5, 5.41) is 0. The van der Waals surface area contributed by atoms with Crippen molar-refractivity contribution in [1.29, 1.82) is 0 Å². The van der Waals surface area contributed by atoms with Gasteiger partial charge in [0.15, 0.2) is 9.84 Å². The van der Waals surface area contributed by atoms with Crippen molar-refractivity contribution in [2.24, 2.45) is 0 Å². The topological polar surface area (TPSA) is 78.0 Å². The molecular formula is C22H33N3O4S. The van der Waals surface area contributed by atoms with Gasteiger partial charge in [0.05, 0.1) is 22.8 Å². The van der Waals surface area contributed by atoms with Crippen LogP contribution in [0.3, 0.4) is 0 Å². The summed E-state index contributed by atoms with van der Waals surface area (Å²) >= 11 is 0. The summed E-state index contributed by atoms with van der Waals surface area (Å²) in [6.45, 7) is 6.13. The van der Waals surface area contributed by atoms with Crippen molar-refractivity contribution < 1.29 is 18.0 Å². The molecule has 0 atom stereocenters. The highest BCUT2D eigenvalue weighted by Gasteiger charge is 2.28. The Kier molecular flexibility index (Phi) is 7.88. The standard InChI is InChI=1S/C22H33N3O4S/c1-2-17-30(28,29)20-10-6-5-9-19(20)22(27)25-15-13-23(14-16-25)18-21(26)24-11-7-3-4-8-12-24/h5-6,9-10H,2-4,7-8,11-18H2,1H3. The number of carbonyl (C=O) groups is 2. The lowest BCUT2D eigenvalue weighted by Crippen LogP contribution is -2.51. The summed E-state index contributed by atoms with van der Waals surface area (Å²) in [6.07, 6.45) is 5.05. The van der Waals surface area contributed by atoms with E-state index in [1.807, 2.05) is 11.8 Å². The first-order valence-electron chi connectivity index (χ1n) is 11.0. The summed E-state index contributed by atoms with van der Waals surface area (Å²) in [7, 11) is -3.47. The van der Waals surface area contributed by atoms with E-state index in [-0.39, 0.29) is 28.0 Å². The molecule has 166 valence electrons. The Bertz CT molecular complexity index is 840. The first-order valence-corrected chi connectivity index (χ1v) is 12.7. The second-order valence-corrected chi connectivity index (χ2v) is 10.3. The highest BCUT2D eigenvalue weighted by molar-refractivity contribution is 7.91. The number of sulfone groups is 1. The summed E-state index contributed by atoms with van der Waals surface area (Å²) in [6, 6.07) is 6.48. The third-order valence-corrected chi connectivity index (χ3v) is 7.87. The van der Waals surface area contributed by atoms with Crippen LogP contribution < -0.4 is 0 Å². The third kappa shape index (κ3) is 5.60. The van der Waals surface area contributed by atoms with Crippen molar-refractivity contribution in [1.82, 2.24) is 14.7 Å². The lowest BCUT2D eigenvalue weighted by atomic mass is 10.2. The molecule has 0 aromatic heterocycles. The summed E-state index contributed by atoms with van der Waals surface area (Å²) in [4.78, 5) is 31.6. The molecule has 8 heteroatoms. The van der Waals surface area contributed by atoms with E-state index in [1.54, 1.807) is 23.1 Å². The van der Waals surface area contributed by atoms with Crippen LogP contribution >= 0.6 is 0 Å². The first kappa shape index (κ1) is 22.7. The van der Waals surface area contributed by atoms with Crippen molar-refractivity contribution in [3.8, 4) is 0 Å². The molecule has 3 rings (SSSR count). The van der Waals surface area contributed by atoms with Gasteiger partial charge in [-0.05, 0) is 31.4 Å². The Morgan fingerprint density at radius 2 is 1.50 bits per heavy atom. The van der Waals surface area contributed by atoms with E-state index in [9.17, 15) is 18.0 Å². The molecule has 0 bridgehead atoms. The van der Waals surface area contributed by atoms with E-state index in [1.165, 1.54) is 18.9 Å². The highest BCUT2D eigenvalue weighted by Crippen LogP contribution is 2.20. The van der Waals surface area contributed by atoms with Crippen molar-refractivity contribution in [2.45, 2.75) is 43.9 Å². The van der Waals surface area contributed by atoms with Gasteiger partial charge in [0.2, 0.25) is 5.91 Å². The molecule has 0 unspecified atom stereocenters. The van der Waals surface area contributed by atoms with E-state index in [0.29, 0.717) is 39.1 Å². The number of benzene rings is 1. The first-order chi connectivity index (χ1) is 14.4. The quantitative estimate of drug-likeness (QED) is 0.683. The average Bonchev–Trinajstić information content (AvgIpc) is 3.03. The molecule has 0 aliphatic carbocycles. The van der Waals surface area contributed by atoms with Crippen LogP contribution in [-0.4, -0.2) is 86.5 Å². The zero-order chi connectivity index (χ0) is 21.6. The Morgan fingerprint density at radius 3 is 2.13 bits per heavy atom. The SMILES string of the molecule is CCCS(=O)(=O)c1ccccc1C(=O)N1CCN(CC(=O)N2CCCCCC2)CC1. The minimum absolute atomic E-state index is 0.0314. The number of likely N-dealkylation sites (tertiary alicyclic amines) is 1. The second kappa shape index (κ2) is 10.4. The molecular weight excluding hydrogens is 402 g/mol. The molecule has 30 heavy (non-hydrogen) atoms. The fraction of sp³-hybridized carbons (Fsp3) is 0.636. The monoisotopic (exact) mass is 435 g/mol. The fourth-order valence-electron chi connectivity index (χ4n) is 4.18. The van der Waals surface area contributed by atoms with Gasteiger partial charge in [0.1, 0.15) is 0 Å². The van der Waals surface area contributed by atoms with Crippen LogP contribution in [0.1, 0.15) is 49.4 Å². The Morgan fingerprint density at radius 1 is 0.867 bits per heavy atom. The van der Waals surface area contributed by atoms with Crippen molar-refractivity contribution in [3.63, 3.8) is 0 Å². The molecule has 2 heterocycles. The van der Waals surface area contributed by atoms with Gasteiger partial charge in [0.25, 0.3) is 5.91 Å². The number of piperazine rings is 1. The summed E-state index contributed by atoms with van der Waals surface area (Å²) in [5.41, 5.74) is 0.250. The number of hydrogen-bond acceptors (Lipinski definition) is 5. The molecule has 2 aliphatic heterocycles. The van der Waals surface area contributed by atoms with Gasteiger partial charge < -0.3 is 9.80 Å². The molecule has 7 nitrogen and oxygen atoms in total. The number of carbonyl (C=O) groups excluding carboxylic acids is 2. The maximum Gasteiger partial charge on any atom is 0.255 e. The van der Waals surface area contributed by atoms with Gasteiger partial charge in [-0.25, -0.2) is 8.42 Å². The molecule has 2 fully saturated rings. The zero-order valence-electron chi connectivity index (χ0n) is 17.9. The van der Waals surface area contributed by atoms with E-state index in [0.717, 1.165) is 25.9 Å². The van der Waals surface area contributed by atoms with Gasteiger partial charge in [-0.2, -0.15) is 0 Å². The predicted molar refractivity (Wildman–Crippen MR) is 116 cm³/mol. The molecule has 0 radical (unpaired) electrons. The summed E-state index contributed by atoms with van der Waals surface area (Å²) < 4.78 is 25.1. The lowest BCUT2D eigenvalue weighted by Gasteiger charge is -2.35. The smallest absolute Gasteiger partial charge is 0.255 e. The summed E-state index contributed by atoms with van der Waals surface area (Å²) in [5.74, 6) is -0.0413. The number of rotatable bonds is 6. The van der Waals surface area contributed by atoms with E-state index in [4.69, 9.17) is 0 Å². The number of amides is 2. The van der Waals surface area contributed by atoms with Gasteiger partial charge >= 0.3 is 0 Å². The second-order valence-electron chi connectivity index (χ2n) is 8.18. The average molecular weight is 436 g/mol. The predicted octanol–water partition coefficient (Wildman–Crippen LogP) is 2.03. The maximum atomic E-state index is 13.1. The van der Waals surface area contributed by atoms with Crippen LogP contribution in [0.15, 0.2) is 29.2 Å². The van der Waals surface area contributed by atoms with Gasteiger partial charge in [-0.1, -0.05) is 31.9 Å². The van der Waals surface area contributed by atoms with Gasteiger partial charge in [-0.15, -0.1) is 0 Å². The van der Waals surface area contributed by atoms with Crippen LogP contribution in [-0.2, 0) is 14.6 Å². The Hall–Kier alpha value is -1.93. The number of hydrogen-bond donors (Lipinski definition) is 0. The largest absolute Gasteiger partial charge is 0.342 e. The molecule has 2 amide bonds. The molecule has 2 aliphatic rings. The van der Waals surface area contributed by atoms with Gasteiger partial charge in [-0.3, -0.25) is 14.5 Å². The van der Waals surface area contributed by atoms with Crippen LogP contribution in [0.5, 0.6) is 0 Å². The fourth-order valence-corrected chi connectivity index (χ4v) is 5.72. The molecule has 0 saturated carbocycles. The number of nitrogens with zero attached hydrogens (tertiary/aromatic N) is 3. The molecule has 1 aromatic rings. The van der Waals surface area contributed by atoms with E-state index >= 15 is 0 Å². The van der Waals surface area contributed by atoms with E-state index < -0.39 is 9.84 Å². The lowest BCUT2D eigenvalue weighted by molar-refractivity contribution is -0.132. The van der Waals surface area contributed by atoms with Crippen LogP contribution in [0.4, 0.5) is 0 Å². The molecule has 0 N–H and O–H groups in total. The van der Waals surface area contributed by atoms with Crippen LogP contribution in [0.25, 0.3) is 0 Å². The van der Waals surface area contributed by atoms with E-state index in [2.05, 4.69) is 4.90 Å². The van der Waals surface area contributed by atoms with Crippen molar-refractivity contribution in [3.05, 3.63) is 29.8 Å². The maximum absolute atomic E-state index is 13.1.